The lowest BCUT2D eigenvalue weighted by molar-refractivity contribution is -0.143. The number of carbonyl (C=O) groups excluding carboxylic acids is 1. The average molecular weight is 621 g/mol. The molecule has 5 aromatic rings. The first-order chi connectivity index (χ1) is 22.2. The number of hydrogen-bond donors (Lipinski definition) is 4. The van der Waals surface area contributed by atoms with Gasteiger partial charge in [0.05, 0.1) is 6.04 Å². The Hall–Kier alpha value is -4.92. The van der Waals surface area contributed by atoms with Crippen molar-refractivity contribution in [2.75, 3.05) is 13.9 Å². The number of phenolic OH excluding ortho intramolecular Hbond substituents is 1. The molecule has 0 fully saturated rings. The summed E-state index contributed by atoms with van der Waals surface area (Å²) in [7, 11) is 1.57. The summed E-state index contributed by atoms with van der Waals surface area (Å²) in [5.74, 6) is -1.07. The number of aryl methyl sites for hydroxylation is 1. The van der Waals surface area contributed by atoms with Gasteiger partial charge in [0.2, 0.25) is 5.91 Å². The van der Waals surface area contributed by atoms with E-state index in [4.69, 9.17) is 9.47 Å². The second kappa shape index (κ2) is 14.5. The van der Waals surface area contributed by atoms with Crippen molar-refractivity contribution in [1.29, 1.82) is 0 Å². The lowest BCUT2D eigenvalue weighted by Crippen LogP contribution is -2.52. The number of fused-ring (bicyclic) bond motifs is 2. The van der Waals surface area contributed by atoms with Gasteiger partial charge in [-0.2, -0.15) is 0 Å². The number of carboxylic acids is 1. The molecule has 1 amide bonds. The second-order valence-corrected chi connectivity index (χ2v) is 11.9. The fourth-order valence-electron chi connectivity index (χ4n) is 5.88. The van der Waals surface area contributed by atoms with Crippen LogP contribution in [0.1, 0.15) is 30.5 Å². The van der Waals surface area contributed by atoms with Gasteiger partial charge in [-0.3, -0.25) is 4.79 Å². The van der Waals surface area contributed by atoms with Crippen molar-refractivity contribution < 1.29 is 29.3 Å². The molecule has 0 radical (unpaired) electrons. The van der Waals surface area contributed by atoms with Crippen molar-refractivity contribution in [3.05, 3.63) is 108 Å². The minimum atomic E-state index is -1.09. The molecule has 0 spiro atoms. The van der Waals surface area contributed by atoms with E-state index in [0.717, 1.165) is 49.4 Å². The highest BCUT2D eigenvalue weighted by molar-refractivity contribution is 6.13. The molecule has 5 aromatic carbocycles. The SMILES string of the molecule is COCOc1c(CNC(Cc2ccc(O)cc2)C(=O)NC(C(=O)O)C(C)C)cc(C)cc1-c1c2ccccc2cc2ccccc12. The van der Waals surface area contributed by atoms with Gasteiger partial charge in [0.25, 0.3) is 0 Å². The van der Waals surface area contributed by atoms with Crippen molar-refractivity contribution in [1.82, 2.24) is 10.6 Å². The Morgan fingerprint density at radius 2 is 1.50 bits per heavy atom. The van der Waals surface area contributed by atoms with E-state index < -0.39 is 24.0 Å². The molecule has 2 unspecified atom stereocenters. The molecule has 0 aliphatic heterocycles. The Morgan fingerprint density at radius 1 is 0.870 bits per heavy atom. The molecule has 8 nitrogen and oxygen atoms in total. The van der Waals surface area contributed by atoms with Crippen molar-refractivity contribution in [2.24, 2.45) is 5.92 Å². The van der Waals surface area contributed by atoms with Gasteiger partial charge < -0.3 is 30.3 Å². The number of rotatable bonds is 13. The van der Waals surface area contributed by atoms with E-state index in [9.17, 15) is 19.8 Å². The largest absolute Gasteiger partial charge is 0.508 e. The van der Waals surface area contributed by atoms with E-state index in [2.05, 4.69) is 47.0 Å². The first-order valence-electron chi connectivity index (χ1n) is 15.4. The topological polar surface area (TPSA) is 117 Å². The maximum atomic E-state index is 13.6. The molecule has 0 aliphatic carbocycles. The zero-order valence-corrected chi connectivity index (χ0v) is 26.5. The van der Waals surface area contributed by atoms with Crippen molar-refractivity contribution in [2.45, 2.75) is 45.8 Å². The highest BCUT2D eigenvalue weighted by atomic mass is 16.7. The maximum absolute atomic E-state index is 13.6. The smallest absolute Gasteiger partial charge is 0.326 e. The number of carboxylic acid groups (broad SMARTS) is 1. The first-order valence-corrected chi connectivity index (χ1v) is 15.4. The third kappa shape index (κ3) is 7.30. The van der Waals surface area contributed by atoms with Gasteiger partial charge in [-0.1, -0.05) is 80.6 Å². The normalized spacial score (nSPS) is 12.7. The third-order valence-electron chi connectivity index (χ3n) is 8.13. The number of methoxy groups -OCH3 is 1. The predicted molar refractivity (Wildman–Crippen MR) is 181 cm³/mol. The Bertz CT molecular complexity index is 1800. The van der Waals surface area contributed by atoms with Crippen LogP contribution in [0.3, 0.4) is 0 Å². The van der Waals surface area contributed by atoms with Gasteiger partial charge in [0.1, 0.15) is 17.5 Å². The Balaban J connectivity index is 1.58. The van der Waals surface area contributed by atoms with E-state index in [1.54, 1.807) is 45.2 Å². The molecule has 5 rings (SSSR count). The molecular weight excluding hydrogens is 580 g/mol. The van der Waals surface area contributed by atoms with Gasteiger partial charge in [-0.25, -0.2) is 4.79 Å². The monoisotopic (exact) mass is 620 g/mol. The second-order valence-electron chi connectivity index (χ2n) is 11.9. The van der Waals surface area contributed by atoms with Crippen LogP contribution in [0.25, 0.3) is 32.7 Å². The van der Waals surface area contributed by atoms with Gasteiger partial charge in [-0.15, -0.1) is 0 Å². The van der Waals surface area contributed by atoms with Crippen LogP contribution in [0.5, 0.6) is 11.5 Å². The average Bonchev–Trinajstić information content (AvgIpc) is 3.04. The summed E-state index contributed by atoms with van der Waals surface area (Å²) in [6, 6.07) is 27.7. The molecule has 8 heteroatoms. The Kier molecular flexibility index (Phi) is 10.2. The minimum absolute atomic E-state index is 0.0257. The lowest BCUT2D eigenvalue weighted by atomic mass is 9.89. The first kappa shape index (κ1) is 32.5. The number of hydrogen-bond acceptors (Lipinski definition) is 6. The molecule has 0 heterocycles. The lowest BCUT2D eigenvalue weighted by Gasteiger charge is -2.25. The third-order valence-corrected chi connectivity index (χ3v) is 8.13. The van der Waals surface area contributed by atoms with E-state index >= 15 is 0 Å². The quantitative estimate of drug-likeness (QED) is 0.0868. The molecule has 0 saturated heterocycles. The molecule has 0 aliphatic rings. The van der Waals surface area contributed by atoms with Gasteiger partial charge >= 0.3 is 5.97 Å². The van der Waals surface area contributed by atoms with Crippen LogP contribution in [0.4, 0.5) is 0 Å². The number of carbonyl (C=O) groups is 2. The number of benzene rings is 5. The molecule has 46 heavy (non-hydrogen) atoms. The van der Waals surface area contributed by atoms with Crippen LogP contribution in [0.15, 0.2) is 91.0 Å². The fraction of sp³-hybridized carbons (Fsp3) is 0.263. The zero-order valence-electron chi connectivity index (χ0n) is 26.5. The van der Waals surface area contributed by atoms with E-state index in [1.807, 2.05) is 37.3 Å². The highest BCUT2D eigenvalue weighted by Gasteiger charge is 2.28. The summed E-state index contributed by atoms with van der Waals surface area (Å²) in [6.45, 7) is 5.82. The van der Waals surface area contributed by atoms with Crippen LogP contribution >= 0.6 is 0 Å². The molecule has 0 saturated carbocycles. The molecule has 0 bridgehead atoms. The van der Waals surface area contributed by atoms with Gasteiger partial charge in [0, 0.05) is 30.3 Å². The molecule has 238 valence electrons. The van der Waals surface area contributed by atoms with E-state index in [0.29, 0.717) is 5.75 Å². The molecule has 0 aromatic heterocycles. The molecular formula is C38H40N2O6. The number of aromatic hydroxyl groups is 1. The van der Waals surface area contributed by atoms with Crippen LogP contribution < -0.4 is 15.4 Å². The number of phenols is 1. The summed E-state index contributed by atoms with van der Waals surface area (Å²) in [4.78, 5) is 25.5. The highest BCUT2D eigenvalue weighted by Crippen LogP contribution is 2.43. The summed E-state index contributed by atoms with van der Waals surface area (Å²) < 4.78 is 11.7. The van der Waals surface area contributed by atoms with Crippen molar-refractivity contribution in [3.8, 4) is 22.6 Å². The van der Waals surface area contributed by atoms with Crippen molar-refractivity contribution >= 4 is 33.4 Å². The van der Waals surface area contributed by atoms with Gasteiger partial charge in [0.15, 0.2) is 6.79 Å². The van der Waals surface area contributed by atoms with Crippen LogP contribution in [-0.2, 0) is 27.3 Å². The number of nitrogens with one attached hydrogen (secondary N) is 2. The van der Waals surface area contributed by atoms with Crippen molar-refractivity contribution in [3.63, 3.8) is 0 Å². The Labute approximate surface area is 269 Å². The maximum Gasteiger partial charge on any atom is 0.326 e. The molecule has 2 atom stereocenters. The predicted octanol–water partition coefficient (Wildman–Crippen LogP) is 6.58. The van der Waals surface area contributed by atoms with Crippen LogP contribution in [-0.4, -0.2) is 48.1 Å². The summed E-state index contributed by atoms with van der Waals surface area (Å²) in [6.07, 6.45) is 0.275. The van der Waals surface area contributed by atoms with Crippen LogP contribution in [0.2, 0.25) is 0 Å². The minimum Gasteiger partial charge on any atom is -0.508 e. The Morgan fingerprint density at radius 3 is 2.09 bits per heavy atom. The van der Waals surface area contributed by atoms with Gasteiger partial charge in [-0.05, 0) is 76.2 Å². The summed E-state index contributed by atoms with van der Waals surface area (Å²) in [5.41, 5.74) is 4.60. The molecule has 4 N–H and O–H groups in total. The number of ether oxygens (including phenoxy) is 2. The van der Waals surface area contributed by atoms with E-state index in [-0.39, 0.29) is 31.4 Å². The summed E-state index contributed by atoms with van der Waals surface area (Å²) in [5, 5.41) is 30.0. The van der Waals surface area contributed by atoms with E-state index in [1.165, 1.54) is 0 Å². The number of aliphatic carboxylic acids is 1. The summed E-state index contributed by atoms with van der Waals surface area (Å²) >= 11 is 0. The number of amides is 1. The zero-order chi connectivity index (χ0) is 32.8. The van der Waals surface area contributed by atoms with Crippen LogP contribution in [0, 0.1) is 12.8 Å². The standard InChI is InChI=1S/C38H40N2O6/c1-23(2)35(38(43)44)40-37(42)33(19-25-13-15-29(41)16-14-25)39-21-28-17-24(3)18-32(36(28)46-22-45-4)34-30-11-7-5-9-26(30)20-27-10-6-8-12-31(27)34/h5-18,20,23,33,35,39,41H,19,21-22H2,1-4H3,(H,40,42)(H,43,44). The fourth-order valence-corrected chi connectivity index (χ4v) is 5.88.